The first-order chi connectivity index (χ1) is 12.4. The molecule has 5 nitrogen and oxygen atoms in total. The first-order valence-corrected chi connectivity index (χ1v) is 9.45. The van der Waals surface area contributed by atoms with Gasteiger partial charge in [0.25, 0.3) is 0 Å². The zero-order valence-electron chi connectivity index (χ0n) is 13.9. The third-order valence-corrected chi connectivity index (χ3v) is 6.50. The fourth-order valence-electron chi connectivity index (χ4n) is 3.16. The van der Waals surface area contributed by atoms with Crippen molar-refractivity contribution in [3.63, 3.8) is 0 Å². The number of fused-ring (bicyclic) bond motifs is 3. The first kappa shape index (κ1) is 17.2. The number of benzene rings is 2. The topological polar surface area (TPSA) is 71.1 Å². The number of carbonyl (C=O) groups is 2. The molecule has 2 heterocycles. The van der Waals surface area contributed by atoms with Gasteiger partial charge in [-0.3, -0.25) is 9.59 Å². The van der Waals surface area contributed by atoms with Crippen LogP contribution in [0, 0.1) is 11.7 Å². The molecular formula is C18H20FN3O2S2. The van der Waals surface area contributed by atoms with Crippen LogP contribution < -0.4 is 10.6 Å². The summed E-state index contributed by atoms with van der Waals surface area (Å²) >= 11 is 5.85. The second-order valence-electron chi connectivity index (χ2n) is 6.48. The van der Waals surface area contributed by atoms with E-state index in [9.17, 15) is 14.0 Å². The minimum atomic E-state index is -0.845. The van der Waals surface area contributed by atoms with E-state index in [2.05, 4.69) is 28.2 Å². The van der Waals surface area contributed by atoms with Gasteiger partial charge in [-0.25, -0.2) is 9.37 Å². The maximum Gasteiger partial charge on any atom is 0.232 e. The van der Waals surface area contributed by atoms with Gasteiger partial charge in [-0.2, -0.15) is 12.6 Å². The van der Waals surface area contributed by atoms with Crippen molar-refractivity contribution in [3.05, 3.63) is 36.1 Å². The molecular weight excluding hydrogens is 373 g/mol. The van der Waals surface area contributed by atoms with Gasteiger partial charge in [-0.05, 0) is 36.1 Å². The molecule has 1 saturated heterocycles. The number of amides is 2. The Labute approximate surface area is 161 Å². The normalized spacial score (nSPS) is 21.1. The van der Waals surface area contributed by atoms with E-state index in [0.717, 1.165) is 21.0 Å². The third kappa shape index (κ3) is 2.93. The van der Waals surface area contributed by atoms with Gasteiger partial charge >= 0.3 is 0 Å². The molecule has 1 aliphatic heterocycles. The van der Waals surface area contributed by atoms with Crippen molar-refractivity contribution in [3.8, 4) is 0 Å². The number of aromatic nitrogens is 1. The summed E-state index contributed by atoms with van der Waals surface area (Å²) in [4.78, 5) is 27.7. The quantitative estimate of drug-likeness (QED) is 0.584. The Hall–Kier alpha value is -2.19. The van der Waals surface area contributed by atoms with E-state index in [4.69, 9.17) is 0 Å². The highest BCUT2D eigenvalue weighted by molar-refractivity contribution is 7.81. The van der Waals surface area contributed by atoms with Crippen LogP contribution in [0.1, 0.15) is 22.6 Å². The third-order valence-electron chi connectivity index (χ3n) is 4.76. The highest BCUT2D eigenvalue weighted by Crippen LogP contribution is 2.35. The molecule has 3 aromatic rings. The molecule has 1 unspecified atom stereocenters. The molecule has 26 heavy (non-hydrogen) atoms. The summed E-state index contributed by atoms with van der Waals surface area (Å²) in [6, 6.07) is 8.23. The number of halogens is 1. The smallest absolute Gasteiger partial charge is 0.232 e. The summed E-state index contributed by atoms with van der Waals surface area (Å²) in [5.74, 6) is -1.16. The van der Waals surface area contributed by atoms with E-state index in [1.54, 1.807) is 13.0 Å². The van der Waals surface area contributed by atoms with E-state index in [-0.39, 0.29) is 20.5 Å². The molecule has 1 aromatic heterocycles. The summed E-state index contributed by atoms with van der Waals surface area (Å²) in [7, 11) is 0. The Morgan fingerprint density at radius 1 is 1.46 bits per heavy atom. The van der Waals surface area contributed by atoms with Crippen LogP contribution in [0.2, 0.25) is 0 Å². The van der Waals surface area contributed by atoms with E-state index >= 15 is 0 Å². The lowest BCUT2D eigenvalue weighted by Crippen LogP contribution is -2.46. The molecule has 4 rings (SSSR count). The summed E-state index contributed by atoms with van der Waals surface area (Å²) in [5, 5.41) is 7.73. The molecule has 2 atom stereocenters. The van der Waals surface area contributed by atoms with Crippen molar-refractivity contribution in [1.29, 1.82) is 0 Å². The van der Waals surface area contributed by atoms with Gasteiger partial charge in [-0.1, -0.05) is 24.3 Å². The Morgan fingerprint density at radius 3 is 3.00 bits per heavy atom. The molecule has 2 N–H and O–H groups in total. The van der Waals surface area contributed by atoms with Crippen LogP contribution in [0.25, 0.3) is 21.0 Å². The number of carbonyl (C=O) groups excluding carboxylic acids is 2. The Morgan fingerprint density at radius 2 is 2.27 bits per heavy atom. The highest BCUT2D eigenvalue weighted by atomic mass is 32.1. The summed E-state index contributed by atoms with van der Waals surface area (Å²) in [6.45, 7) is 1.74. The van der Waals surface area contributed by atoms with Gasteiger partial charge in [0, 0.05) is 14.7 Å². The lowest BCUT2D eigenvalue weighted by atomic mass is 9.99. The average molecular weight is 394 g/mol. The summed E-state index contributed by atoms with van der Waals surface area (Å²) < 4.78 is 14.3. The number of thiol groups is 1. The summed E-state index contributed by atoms with van der Waals surface area (Å²) in [6.07, 6.45) is 0.865. The number of hydrogen-bond donors (Lipinski definition) is 3. The van der Waals surface area contributed by atoms with Crippen LogP contribution in [0.4, 0.5) is 9.52 Å². The van der Waals surface area contributed by atoms with Crippen LogP contribution >= 0.6 is 24.0 Å². The minimum absolute atomic E-state index is 0. The number of nitrogens with one attached hydrogen (secondary N) is 2. The van der Waals surface area contributed by atoms with Gasteiger partial charge in [0.1, 0.15) is 5.82 Å². The SMILES string of the molecule is C[C@H](C(=O)Nc1nc2ccc3cc(F)ccc3c2s1)C1(S)CCC(=O)N1.[HH].[HH]. The lowest BCUT2D eigenvalue weighted by Gasteiger charge is -2.28. The van der Waals surface area contributed by atoms with Gasteiger partial charge in [0.15, 0.2) is 5.13 Å². The van der Waals surface area contributed by atoms with E-state index in [1.165, 1.54) is 23.5 Å². The molecule has 2 aromatic carbocycles. The molecule has 0 spiro atoms. The molecule has 138 valence electrons. The van der Waals surface area contributed by atoms with Crippen molar-refractivity contribution >= 4 is 61.9 Å². The van der Waals surface area contributed by atoms with Crippen LogP contribution in [0.15, 0.2) is 30.3 Å². The van der Waals surface area contributed by atoms with Gasteiger partial charge in [-0.15, -0.1) is 0 Å². The van der Waals surface area contributed by atoms with Crippen LogP contribution in [0.5, 0.6) is 0 Å². The Bertz CT molecular complexity index is 1060. The largest absolute Gasteiger partial charge is 0.341 e. The molecule has 1 fully saturated rings. The minimum Gasteiger partial charge on any atom is -0.341 e. The number of hydrogen-bond acceptors (Lipinski definition) is 5. The van der Waals surface area contributed by atoms with Crippen LogP contribution in [0.3, 0.4) is 0 Å². The summed E-state index contributed by atoms with van der Waals surface area (Å²) in [5.41, 5.74) is 0.742. The zero-order valence-corrected chi connectivity index (χ0v) is 15.6. The van der Waals surface area contributed by atoms with Gasteiger partial charge < -0.3 is 10.6 Å². The Balaban J connectivity index is 0.00000140. The van der Waals surface area contributed by atoms with Crippen molar-refractivity contribution in [2.45, 2.75) is 24.6 Å². The average Bonchev–Trinajstić information content (AvgIpc) is 3.17. The number of thiazole rings is 1. The van der Waals surface area contributed by atoms with Gasteiger partial charge in [0.05, 0.1) is 21.0 Å². The molecule has 8 heteroatoms. The maximum atomic E-state index is 13.4. The van der Waals surface area contributed by atoms with E-state index in [1.807, 2.05) is 12.1 Å². The zero-order chi connectivity index (χ0) is 18.5. The number of anilines is 1. The number of rotatable bonds is 3. The van der Waals surface area contributed by atoms with Crippen LogP contribution in [-0.2, 0) is 9.59 Å². The second kappa shape index (κ2) is 6.21. The number of nitrogens with zero attached hydrogens (tertiary/aromatic N) is 1. The van der Waals surface area contributed by atoms with Crippen molar-refractivity contribution in [1.82, 2.24) is 10.3 Å². The first-order valence-electron chi connectivity index (χ1n) is 8.19. The molecule has 1 aliphatic rings. The molecule has 0 saturated carbocycles. The van der Waals surface area contributed by atoms with E-state index < -0.39 is 10.8 Å². The molecule has 2 amide bonds. The monoisotopic (exact) mass is 393 g/mol. The maximum absolute atomic E-state index is 13.4. The molecule has 0 radical (unpaired) electrons. The van der Waals surface area contributed by atoms with E-state index in [0.29, 0.717) is 18.0 Å². The van der Waals surface area contributed by atoms with Crippen molar-refractivity contribution in [2.24, 2.45) is 5.92 Å². The van der Waals surface area contributed by atoms with Crippen LogP contribution in [-0.4, -0.2) is 21.7 Å². The predicted octanol–water partition coefficient (Wildman–Crippen LogP) is 4.19. The van der Waals surface area contributed by atoms with Gasteiger partial charge in [0.2, 0.25) is 11.8 Å². The Kier molecular flexibility index (Phi) is 4.11. The fraction of sp³-hybridized carbons (Fsp3) is 0.278. The second-order valence-corrected chi connectivity index (χ2v) is 8.28. The van der Waals surface area contributed by atoms with Crippen molar-refractivity contribution < 1.29 is 16.8 Å². The van der Waals surface area contributed by atoms with Crippen molar-refractivity contribution in [2.75, 3.05) is 5.32 Å². The predicted molar refractivity (Wildman–Crippen MR) is 108 cm³/mol. The molecule has 0 aliphatic carbocycles. The lowest BCUT2D eigenvalue weighted by molar-refractivity contribution is -0.121. The fourth-order valence-corrected chi connectivity index (χ4v) is 4.52. The highest BCUT2D eigenvalue weighted by Gasteiger charge is 2.42. The molecule has 0 bridgehead atoms. The standard InChI is InChI=1S/C18H16FN3O2S2.2H2/c1-9(18(25)7-6-14(23)22-18)16(24)21-17-20-13-5-2-10-8-11(19)3-4-12(10)15(13)26-17;;/h2-5,8-9,25H,6-7H2,1H3,(H,22,23)(H,20,21,24);2*1H/t9-,18?;;/m1../s1.